The first-order valence-electron chi connectivity index (χ1n) is 6.20. The molecule has 0 spiro atoms. The van der Waals surface area contributed by atoms with E-state index < -0.39 is 11.8 Å². The molecule has 1 heterocycles. The Kier molecular flexibility index (Phi) is 4.02. The van der Waals surface area contributed by atoms with Gasteiger partial charge in [-0.05, 0) is 25.1 Å². The first kappa shape index (κ1) is 14.0. The number of carbonyl (C=O) groups excluding carboxylic acids is 2. The molecule has 1 N–H and O–H groups in total. The van der Waals surface area contributed by atoms with E-state index >= 15 is 0 Å². The van der Waals surface area contributed by atoms with Gasteiger partial charge in [0.15, 0.2) is 0 Å². The maximum atomic E-state index is 13.2. The van der Waals surface area contributed by atoms with Crippen molar-refractivity contribution in [3.63, 3.8) is 0 Å². The topological polar surface area (TPSA) is 58.6 Å². The number of nitrogens with one attached hydrogen (secondary N) is 1. The second kappa shape index (κ2) is 5.73. The Morgan fingerprint density at radius 2 is 2.30 bits per heavy atom. The lowest BCUT2D eigenvalue weighted by molar-refractivity contribution is -0.137. The molecule has 106 valence electrons. The molecule has 0 saturated carbocycles. The highest BCUT2D eigenvalue weighted by Gasteiger charge is 2.22. The standard InChI is InChI=1S/C14H15FN2O3/c1-3-20-13(18)7-10-8-17(2)14(19)11-6-9(15)4-5-12(11)16-10/h4-7,16H,3,8H2,1-2H3/b10-7+. The van der Waals surface area contributed by atoms with Crippen LogP contribution in [0, 0.1) is 5.82 Å². The number of amides is 1. The van der Waals surface area contributed by atoms with E-state index in [1.54, 1.807) is 14.0 Å². The van der Waals surface area contributed by atoms with Crippen molar-refractivity contribution in [1.82, 2.24) is 4.90 Å². The second-order valence-electron chi connectivity index (χ2n) is 4.40. The van der Waals surface area contributed by atoms with Crippen molar-refractivity contribution >= 4 is 17.6 Å². The highest BCUT2D eigenvalue weighted by molar-refractivity contribution is 6.01. The Labute approximate surface area is 116 Å². The van der Waals surface area contributed by atoms with E-state index in [0.717, 1.165) is 0 Å². The summed E-state index contributed by atoms with van der Waals surface area (Å²) in [4.78, 5) is 25.0. The molecule has 5 nitrogen and oxygen atoms in total. The summed E-state index contributed by atoms with van der Waals surface area (Å²) in [5.41, 5.74) is 1.22. The lowest BCUT2D eigenvalue weighted by Crippen LogP contribution is -2.27. The van der Waals surface area contributed by atoms with Crippen LogP contribution in [-0.4, -0.2) is 37.0 Å². The predicted molar refractivity (Wildman–Crippen MR) is 71.7 cm³/mol. The van der Waals surface area contributed by atoms with E-state index in [-0.39, 0.29) is 24.6 Å². The van der Waals surface area contributed by atoms with Crippen LogP contribution in [0.3, 0.4) is 0 Å². The second-order valence-corrected chi connectivity index (χ2v) is 4.40. The van der Waals surface area contributed by atoms with Crippen molar-refractivity contribution in [3.8, 4) is 0 Å². The molecule has 1 aliphatic rings. The maximum Gasteiger partial charge on any atom is 0.332 e. The normalized spacial score (nSPS) is 16.4. The molecule has 0 fully saturated rings. The van der Waals surface area contributed by atoms with E-state index in [1.807, 2.05) is 0 Å². The van der Waals surface area contributed by atoms with Crippen molar-refractivity contribution < 1.29 is 18.7 Å². The van der Waals surface area contributed by atoms with E-state index in [9.17, 15) is 14.0 Å². The number of esters is 1. The summed E-state index contributed by atoms with van der Waals surface area (Å²) in [6.07, 6.45) is 1.30. The molecular formula is C14H15FN2O3. The van der Waals surface area contributed by atoms with Crippen LogP contribution in [0.25, 0.3) is 0 Å². The highest BCUT2D eigenvalue weighted by Crippen LogP contribution is 2.24. The molecule has 0 atom stereocenters. The molecule has 1 amide bonds. The molecule has 1 aromatic rings. The van der Waals surface area contributed by atoms with Gasteiger partial charge in [0, 0.05) is 18.8 Å². The number of fused-ring (bicyclic) bond motifs is 1. The van der Waals surface area contributed by atoms with Gasteiger partial charge in [0.25, 0.3) is 5.91 Å². The van der Waals surface area contributed by atoms with Crippen LogP contribution >= 0.6 is 0 Å². The monoisotopic (exact) mass is 278 g/mol. The average Bonchev–Trinajstić information content (AvgIpc) is 2.49. The summed E-state index contributed by atoms with van der Waals surface area (Å²) in [6.45, 7) is 2.21. The molecule has 0 radical (unpaired) electrons. The van der Waals surface area contributed by atoms with E-state index in [4.69, 9.17) is 4.74 Å². The fraction of sp³-hybridized carbons (Fsp3) is 0.286. The summed E-state index contributed by atoms with van der Waals surface area (Å²) in [5.74, 6) is -1.27. The van der Waals surface area contributed by atoms with Gasteiger partial charge in [-0.25, -0.2) is 9.18 Å². The van der Waals surface area contributed by atoms with Crippen LogP contribution in [-0.2, 0) is 9.53 Å². The largest absolute Gasteiger partial charge is 0.463 e. The number of hydrogen-bond donors (Lipinski definition) is 1. The zero-order valence-electron chi connectivity index (χ0n) is 11.3. The first-order valence-corrected chi connectivity index (χ1v) is 6.20. The Morgan fingerprint density at radius 1 is 1.55 bits per heavy atom. The molecule has 0 bridgehead atoms. The Balaban J connectivity index is 2.36. The lowest BCUT2D eigenvalue weighted by atomic mass is 10.1. The minimum absolute atomic E-state index is 0.216. The summed E-state index contributed by atoms with van der Waals surface area (Å²) < 4.78 is 18.1. The minimum atomic E-state index is -0.485. The van der Waals surface area contributed by atoms with E-state index in [1.165, 1.54) is 29.2 Å². The third-order valence-electron chi connectivity index (χ3n) is 2.84. The Hall–Kier alpha value is -2.37. The van der Waals surface area contributed by atoms with Crippen LogP contribution in [0.15, 0.2) is 30.0 Å². The van der Waals surface area contributed by atoms with Gasteiger partial charge in [0.2, 0.25) is 0 Å². The number of nitrogens with zero attached hydrogens (tertiary/aromatic N) is 1. The van der Waals surface area contributed by atoms with Crippen molar-refractivity contribution in [2.75, 3.05) is 25.5 Å². The van der Waals surface area contributed by atoms with Gasteiger partial charge < -0.3 is 15.0 Å². The predicted octanol–water partition coefficient (Wildman–Crippen LogP) is 1.77. The van der Waals surface area contributed by atoms with Gasteiger partial charge in [-0.15, -0.1) is 0 Å². The van der Waals surface area contributed by atoms with Gasteiger partial charge in [0.1, 0.15) is 5.82 Å². The number of benzene rings is 1. The number of carbonyl (C=O) groups is 2. The third-order valence-corrected chi connectivity index (χ3v) is 2.84. The smallest absolute Gasteiger partial charge is 0.332 e. The summed E-state index contributed by atoms with van der Waals surface area (Å²) in [5, 5.41) is 2.97. The zero-order chi connectivity index (χ0) is 14.7. The summed E-state index contributed by atoms with van der Waals surface area (Å²) >= 11 is 0. The highest BCUT2D eigenvalue weighted by atomic mass is 19.1. The average molecular weight is 278 g/mol. The zero-order valence-corrected chi connectivity index (χ0v) is 11.3. The van der Waals surface area contributed by atoms with Gasteiger partial charge in [-0.2, -0.15) is 0 Å². The van der Waals surface area contributed by atoms with Gasteiger partial charge >= 0.3 is 5.97 Å². The van der Waals surface area contributed by atoms with Crippen molar-refractivity contribution in [2.45, 2.75) is 6.92 Å². The molecular weight excluding hydrogens is 263 g/mol. The number of halogens is 1. The van der Waals surface area contributed by atoms with E-state index in [2.05, 4.69) is 5.32 Å². The molecule has 2 rings (SSSR count). The Bertz CT molecular complexity index is 584. The Morgan fingerprint density at radius 3 is 3.00 bits per heavy atom. The number of rotatable bonds is 2. The van der Waals surface area contributed by atoms with Crippen molar-refractivity contribution in [3.05, 3.63) is 41.4 Å². The van der Waals surface area contributed by atoms with Crippen LogP contribution in [0.2, 0.25) is 0 Å². The third kappa shape index (κ3) is 2.96. The molecule has 0 saturated heterocycles. The SMILES string of the molecule is CCOC(=O)/C=C1\CN(C)C(=O)c2cc(F)ccc2N1. The first-order chi connectivity index (χ1) is 9.51. The van der Waals surface area contributed by atoms with Gasteiger partial charge in [-0.3, -0.25) is 4.79 Å². The van der Waals surface area contributed by atoms with Crippen LogP contribution in [0.1, 0.15) is 17.3 Å². The number of ether oxygens (including phenoxy) is 1. The fourth-order valence-electron chi connectivity index (χ4n) is 1.96. The molecule has 0 aliphatic carbocycles. The van der Waals surface area contributed by atoms with Crippen LogP contribution in [0.4, 0.5) is 10.1 Å². The molecule has 1 aromatic carbocycles. The number of likely N-dealkylation sites (N-methyl/N-ethyl adjacent to an activating group) is 1. The lowest BCUT2D eigenvalue weighted by Gasteiger charge is -2.14. The molecule has 6 heteroatoms. The van der Waals surface area contributed by atoms with Crippen LogP contribution < -0.4 is 5.32 Å². The van der Waals surface area contributed by atoms with Crippen molar-refractivity contribution in [1.29, 1.82) is 0 Å². The molecule has 0 unspecified atom stereocenters. The number of hydrogen-bond acceptors (Lipinski definition) is 4. The number of anilines is 1. The molecule has 20 heavy (non-hydrogen) atoms. The maximum absolute atomic E-state index is 13.2. The van der Waals surface area contributed by atoms with Crippen LogP contribution in [0.5, 0.6) is 0 Å². The van der Waals surface area contributed by atoms with Gasteiger partial charge in [0.05, 0.1) is 24.4 Å². The molecule has 1 aliphatic heterocycles. The summed E-state index contributed by atoms with van der Waals surface area (Å²) in [7, 11) is 1.59. The fourth-order valence-corrected chi connectivity index (χ4v) is 1.96. The minimum Gasteiger partial charge on any atom is -0.463 e. The summed E-state index contributed by atoms with van der Waals surface area (Å²) in [6, 6.07) is 3.90. The van der Waals surface area contributed by atoms with E-state index in [0.29, 0.717) is 11.4 Å². The quantitative estimate of drug-likeness (QED) is 0.661. The molecule has 0 aromatic heterocycles. The van der Waals surface area contributed by atoms with Crippen molar-refractivity contribution in [2.24, 2.45) is 0 Å². The van der Waals surface area contributed by atoms with Gasteiger partial charge in [-0.1, -0.05) is 0 Å².